The smallest absolute Gasteiger partial charge is 0.335 e. The highest BCUT2D eigenvalue weighted by molar-refractivity contribution is 7.53. The topological polar surface area (TPSA) is 83.6 Å². The zero-order valence-electron chi connectivity index (χ0n) is 11.4. The summed E-state index contributed by atoms with van der Waals surface area (Å²) < 4.78 is 11.8. The summed E-state index contributed by atoms with van der Waals surface area (Å²) in [5, 5.41) is -1.07. The summed E-state index contributed by atoms with van der Waals surface area (Å²) in [7, 11) is -4.19. The van der Waals surface area contributed by atoms with E-state index in [9.17, 15) is 14.4 Å². The van der Waals surface area contributed by atoms with Gasteiger partial charge in [-0.05, 0) is 38.2 Å². The van der Waals surface area contributed by atoms with Crippen LogP contribution in [-0.4, -0.2) is 14.9 Å². The summed E-state index contributed by atoms with van der Waals surface area (Å²) in [4.78, 5) is 19.3. The molecule has 0 aromatic rings. The summed E-state index contributed by atoms with van der Waals surface area (Å²) in [5.74, 6) is 0. The predicted octanol–water partition coefficient (Wildman–Crippen LogP) is 3.15. The van der Waals surface area contributed by atoms with Crippen molar-refractivity contribution in [1.29, 1.82) is 0 Å². The van der Waals surface area contributed by atoms with Crippen LogP contribution in [0.2, 0.25) is 0 Å². The van der Waals surface area contributed by atoms with Crippen LogP contribution in [-0.2, 0) is 4.57 Å². The minimum atomic E-state index is -4.19. The summed E-state index contributed by atoms with van der Waals surface area (Å²) in [5.41, 5.74) is 7.16. The molecule has 5 heteroatoms. The maximum Gasteiger partial charge on any atom is 0.335 e. The molecule has 0 aliphatic rings. The monoisotopic (exact) mass is 263 g/mol. The Labute approximate surface area is 104 Å². The van der Waals surface area contributed by atoms with E-state index in [4.69, 9.17) is 5.73 Å². The lowest BCUT2D eigenvalue weighted by Crippen LogP contribution is -2.32. The molecule has 0 fully saturated rings. The van der Waals surface area contributed by atoms with Gasteiger partial charge in [0.15, 0.2) is 0 Å². The second-order valence-electron chi connectivity index (χ2n) is 4.55. The molecule has 0 atom stereocenters. The van der Waals surface area contributed by atoms with E-state index in [2.05, 4.69) is 6.92 Å². The lowest BCUT2D eigenvalue weighted by Gasteiger charge is -2.36. The maximum absolute atomic E-state index is 11.8. The van der Waals surface area contributed by atoms with E-state index >= 15 is 0 Å². The molecule has 0 aromatic heterocycles. The van der Waals surface area contributed by atoms with Gasteiger partial charge in [0.1, 0.15) is 0 Å². The molecule has 0 bridgehead atoms. The standard InChI is InChI=1S/C12H26NO3P/c1-5-8-9-11(10(4)13)12(6-2,7-3)17(14,15)16/h5-9,13H2,1-4H3,(H2,14,15,16). The lowest BCUT2D eigenvalue weighted by atomic mass is 9.87. The SMILES string of the molecule is CCCCC(=C(C)N)C(CC)(CC)P(=O)(O)O. The van der Waals surface area contributed by atoms with Crippen molar-refractivity contribution in [2.45, 2.75) is 65.0 Å². The van der Waals surface area contributed by atoms with Gasteiger partial charge in [-0.1, -0.05) is 27.2 Å². The van der Waals surface area contributed by atoms with Crippen LogP contribution in [0.5, 0.6) is 0 Å². The first-order valence-corrected chi connectivity index (χ1v) is 7.89. The van der Waals surface area contributed by atoms with Gasteiger partial charge in [-0.15, -0.1) is 0 Å². The van der Waals surface area contributed by atoms with Gasteiger partial charge in [0.25, 0.3) is 0 Å². The maximum atomic E-state index is 11.8. The van der Waals surface area contributed by atoms with E-state index in [1.807, 2.05) is 13.8 Å². The second-order valence-corrected chi connectivity index (χ2v) is 6.49. The summed E-state index contributed by atoms with van der Waals surface area (Å²) in [6.07, 6.45) is 3.40. The van der Waals surface area contributed by atoms with Crippen molar-refractivity contribution in [3.63, 3.8) is 0 Å². The Hall–Kier alpha value is -0.310. The summed E-state index contributed by atoms with van der Waals surface area (Å²) >= 11 is 0. The molecule has 102 valence electrons. The first-order valence-electron chi connectivity index (χ1n) is 6.28. The average Bonchev–Trinajstić information content (AvgIpc) is 2.22. The van der Waals surface area contributed by atoms with Gasteiger partial charge >= 0.3 is 7.60 Å². The highest BCUT2D eigenvalue weighted by Gasteiger charge is 2.46. The summed E-state index contributed by atoms with van der Waals surface area (Å²) in [6, 6.07) is 0. The number of allylic oxidation sites excluding steroid dienone is 2. The van der Waals surface area contributed by atoms with E-state index in [1.54, 1.807) is 6.92 Å². The molecule has 0 rings (SSSR count). The van der Waals surface area contributed by atoms with Crippen molar-refractivity contribution < 1.29 is 14.4 Å². The van der Waals surface area contributed by atoms with Crippen LogP contribution < -0.4 is 5.73 Å². The van der Waals surface area contributed by atoms with Gasteiger partial charge in [0.2, 0.25) is 0 Å². The van der Waals surface area contributed by atoms with Gasteiger partial charge in [-0.2, -0.15) is 0 Å². The summed E-state index contributed by atoms with van der Waals surface area (Å²) in [6.45, 7) is 7.43. The first kappa shape index (κ1) is 16.7. The molecule has 0 saturated carbocycles. The lowest BCUT2D eigenvalue weighted by molar-refractivity contribution is 0.325. The molecule has 0 aromatic carbocycles. The Kier molecular flexibility index (Phi) is 6.46. The Morgan fingerprint density at radius 1 is 1.24 bits per heavy atom. The minimum Gasteiger partial charge on any atom is -0.402 e. The molecule has 0 heterocycles. The molecule has 0 unspecified atom stereocenters. The van der Waals surface area contributed by atoms with Crippen molar-refractivity contribution in [3.8, 4) is 0 Å². The van der Waals surface area contributed by atoms with Crippen LogP contribution in [0.3, 0.4) is 0 Å². The van der Waals surface area contributed by atoms with Crippen molar-refractivity contribution >= 4 is 7.60 Å². The third-order valence-corrected chi connectivity index (χ3v) is 5.56. The van der Waals surface area contributed by atoms with E-state index in [-0.39, 0.29) is 0 Å². The molecular weight excluding hydrogens is 237 g/mol. The fourth-order valence-electron chi connectivity index (χ4n) is 2.41. The van der Waals surface area contributed by atoms with Crippen LogP contribution in [0.1, 0.15) is 59.8 Å². The Balaban J connectivity index is 5.57. The third-order valence-electron chi connectivity index (χ3n) is 3.55. The molecule has 17 heavy (non-hydrogen) atoms. The van der Waals surface area contributed by atoms with Crippen LogP contribution in [0.15, 0.2) is 11.3 Å². The van der Waals surface area contributed by atoms with Crippen molar-refractivity contribution in [2.75, 3.05) is 0 Å². The fourth-order valence-corrected chi connectivity index (χ4v) is 3.88. The molecular formula is C12H26NO3P. The highest BCUT2D eigenvalue weighted by Crippen LogP contribution is 2.59. The molecule has 0 saturated heterocycles. The van der Waals surface area contributed by atoms with Crippen LogP contribution in [0.25, 0.3) is 0 Å². The molecule has 0 aliphatic heterocycles. The first-order chi connectivity index (χ1) is 7.76. The Morgan fingerprint density at radius 2 is 1.71 bits per heavy atom. The van der Waals surface area contributed by atoms with Crippen LogP contribution >= 0.6 is 7.60 Å². The average molecular weight is 263 g/mol. The highest BCUT2D eigenvalue weighted by atomic mass is 31.2. The molecule has 0 aliphatic carbocycles. The number of unbranched alkanes of at least 4 members (excludes halogenated alkanes) is 1. The number of hydrogen-bond donors (Lipinski definition) is 3. The van der Waals surface area contributed by atoms with Crippen LogP contribution in [0.4, 0.5) is 0 Å². The van der Waals surface area contributed by atoms with E-state index in [1.165, 1.54) is 0 Å². The zero-order valence-corrected chi connectivity index (χ0v) is 12.3. The Bertz CT molecular complexity index is 312. The molecule has 0 radical (unpaired) electrons. The van der Waals surface area contributed by atoms with Gasteiger partial charge in [0.05, 0.1) is 5.16 Å². The number of rotatable bonds is 7. The number of nitrogens with two attached hydrogens (primary N) is 1. The number of hydrogen-bond acceptors (Lipinski definition) is 2. The van der Waals surface area contributed by atoms with Gasteiger partial charge < -0.3 is 15.5 Å². The molecule has 4 nitrogen and oxygen atoms in total. The van der Waals surface area contributed by atoms with Crippen molar-refractivity contribution in [2.24, 2.45) is 5.73 Å². The second kappa shape index (κ2) is 6.58. The zero-order chi connectivity index (χ0) is 13.7. The Morgan fingerprint density at radius 3 is 1.94 bits per heavy atom. The molecule has 0 amide bonds. The largest absolute Gasteiger partial charge is 0.402 e. The van der Waals surface area contributed by atoms with Gasteiger partial charge in [-0.25, -0.2) is 0 Å². The molecule has 0 spiro atoms. The van der Waals surface area contributed by atoms with E-state index < -0.39 is 12.8 Å². The van der Waals surface area contributed by atoms with Crippen LogP contribution in [0, 0.1) is 0 Å². The van der Waals surface area contributed by atoms with Gasteiger partial charge in [0, 0.05) is 5.70 Å². The molecule has 4 N–H and O–H groups in total. The third kappa shape index (κ3) is 3.57. The predicted molar refractivity (Wildman–Crippen MR) is 71.8 cm³/mol. The van der Waals surface area contributed by atoms with Crippen molar-refractivity contribution in [3.05, 3.63) is 11.3 Å². The van der Waals surface area contributed by atoms with E-state index in [0.29, 0.717) is 25.0 Å². The quantitative estimate of drug-likeness (QED) is 0.616. The normalized spacial score (nSPS) is 14.7. The fraction of sp³-hybridized carbons (Fsp3) is 0.833. The van der Waals surface area contributed by atoms with Crippen molar-refractivity contribution in [1.82, 2.24) is 0 Å². The van der Waals surface area contributed by atoms with E-state index in [0.717, 1.165) is 18.4 Å². The van der Waals surface area contributed by atoms with Gasteiger partial charge in [-0.3, -0.25) is 4.57 Å². The minimum absolute atomic E-state index is 0.418.